The summed E-state index contributed by atoms with van der Waals surface area (Å²) in [5.74, 6) is 1.21. The molecule has 21 heavy (non-hydrogen) atoms. The monoisotopic (exact) mass is 323 g/mol. The van der Waals surface area contributed by atoms with Crippen LogP contribution in [0.4, 0.5) is 0 Å². The van der Waals surface area contributed by atoms with E-state index in [1.165, 1.54) is 22.2 Å². The van der Waals surface area contributed by atoms with E-state index in [2.05, 4.69) is 36.1 Å². The number of nitrogens with zero attached hydrogens (tertiary/aromatic N) is 2. The van der Waals surface area contributed by atoms with Gasteiger partial charge in [0.05, 0.1) is 5.75 Å². The molecule has 114 valence electrons. The molecule has 1 atom stereocenters. The first-order valence-corrected chi connectivity index (χ1v) is 8.89. The number of hydrogen-bond donors (Lipinski definition) is 1. The number of rotatable bonds is 5. The van der Waals surface area contributed by atoms with Crippen molar-refractivity contribution in [1.82, 2.24) is 15.3 Å². The van der Waals surface area contributed by atoms with E-state index < -0.39 is 0 Å². The molecule has 0 saturated heterocycles. The molecule has 0 aliphatic rings. The van der Waals surface area contributed by atoms with Crippen molar-refractivity contribution in [1.29, 1.82) is 0 Å². The van der Waals surface area contributed by atoms with Gasteiger partial charge in [0, 0.05) is 16.3 Å². The van der Waals surface area contributed by atoms with Crippen molar-refractivity contribution in [2.75, 3.05) is 5.75 Å². The maximum Gasteiger partial charge on any atom is 0.230 e. The zero-order valence-corrected chi connectivity index (χ0v) is 14.7. The molecule has 0 fully saturated rings. The van der Waals surface area contributed by atoms with E-state index in [0.717, 1.165) is 27.5 Å². The highest BCUT2D eigenvalue weighted by molar-refractivity contribution is 8.00. The molecule has 0 radical (unpaired) electrons. The Hall–Kier alpha value is -1.14. The molecule has 6 heteroatoms. The minimum Gasteiger partial charge on any atom is -0.353 e. The van der Waals surface area contributed by atoms with E-state index in [1.807, 2.05) is 13.8 Å². The number of fused-ring (bicyclic) bond motifs is 1. The Morgan fingerprint density at radius 3 is 2.71 bits per heavy atom. The van der Waals surface area contributed by atoms with Gasteiger partial charge in [-0.15, -0.1) is 11.3 Å². The Morgan fingerprint density at radius 2 is 2.05 bits per heavy atom. The number of hydrogen-bond acceptors (Lipinski definition) is 5. The van der Waals surface area contributed by atoms with Crippen molar-refractivity contribution in [3.05, 3.63) is 16.3 Å². The third-order valence-electron chi connectivity index (χ3n) is 3.47. The summed E-state index contributed by atoms with van der Waals surface area (Å²) in [5.41, 5.74) is 1.22. The van der Waals surface area contributed by atoms with Crippen molar-refractivity contribution in [3.8, 4) is 0 Å². The molecule has 2 aromatic heterocycles. The molecule has 0 aromatic carbocycles. The molecule has 1 unspecified atom stereocenters. The molecule has 0 aliphatic carbocycles. The van der Waals surface area contributed by atoms with E-state index in [-0.39, 0.29) is 11.9 Å². The topological polar surface area (TPSA) is 54.9 Å². The maximum atomic E-state index is 11.9. The summed E-state index contributed by atoms with van der Waals surface area (Å²) in [4.78, 5) is 23.2. The van der Waals surface area contributed by atoms with Crippen LogP contribution in [-0.4, -0.2) is 27.7 Å². The fraction of sp³-hybridized carbons (Fsp3) is 0.533. The number of carbonyl (C=O) groups excluding carboxylic acids is 1. The molecule has 4 nitrogen and oxygen atoms in total. The van der Waals surface area contributed by atoms with Gasteiger partial charge in [-0.25, -0.2) is 9.97 Å². The molecule has 0 aliphatic heterocycles. The predicted octanol–water partition coefficient (Wildman–Crippen LogP) is 3.62. The Bertz CT molecular complexity index is 666. The Labute approximate surface area is 133 Å². The summed E-state index contributed by atoms with van der Waals surface area (Å²) in [6.45, 7) is 10.2. The smallest absolute Gasteiger partial charge is 0.230 e. The van der Waals surface area contributed by atoms with Gasteiger partial charge in [0.25, 0.3) is 0 Å². The van der Waals surface area contributed by atoms with E-state index in [4.69, 9.17) is 0 Å². The zero-order valence-electron chi connectivity index (χ0n) is 13.1. The van der Waals surface area contributed by atoms with Crippen LogP contribution in [0.2, 0.25) is 0 Å². The summed E-state index contributed by atoms with van der Waals surface area (Å²) in [6, 6.07) is 0.218. The number of amides is 1. The van der Waals surface area contributed by atoms with Crippen LogP contribution in [-0.2, 0) is 4.79 Å². The minimum atomic E-state index is 0.0587. The number of carbonyl (C=O) groups is 1. The fourth-order valence-electron chi connectivity index (χ4n) is 1.97. The van der Waals surface area contributed by atoms with Crippen LogP contribution in [0.3, 0.4) is 0 Å². The largest absolute Gasteiger partial charge is 0.353 e. The number of thiophene rings is 1. The highest BCUT2D eigenvalue weighted by Crippen LogP contribution is 2.34. The SMILES string of the molecule is CCC(C)NC(=O)CSc1nc(C)nc2sc(C)c(C)c12. The van der Waals surface area contributed by atoms with E-state index in [0.29, 0.717) is 5.75 Å². The van der Waals surface area contributed by atoms with Crippen LogP contribution in [0, 0.1) is 20.8 Å². The Balaban J connectivity index is 2.20. The third-order valence-corrected chi connectivity index (χ3v) is 5.54. The average Bonchev–Trinajstić information content (AvgIpc) is 2.71. The quantitative estimate of drug-likeness (QED) is 0.674. The summed E-state index contributed by atoms with van der Waals surface area (Å²) in [5, 5.41) is 5.00. The van der Waals surface area contributed by atoms with E-state index in [1.54, 1.807) is 11.3 Å². The normalized spacial score (nSPS) is 12.6. The summed E-state index contributed by atoms with van der Waals surface area (Å²) in [6.07, 6.45) is 0.941. The second kappa shape index (κ2) is 6.75. The van der Waals surface area contributed by atoms with Gasteiger partial charge in [-0.2, -0.15) is 0 Å². The molecule has 2 aromatic rings. The minimum absolute atomic E-state index is 0.0587. The van der Waals surface area contributed by atoms with Crippen LogP contribution in [0.5, 0.6) is 0 Å². The Kier molecular flexibility index (Phi) is 5.22. The highest BCUT2D eigenvalue weighted by atomic mass is 32.2. The first-order chi connectivity index (χ1) is 9.92. The fourth-order valence-corrected chi connectivity index (χ4v) is 4.05. The van der Waals surface area contributed by atoms with Gasteiger partial charge in [-0.3, -0.25) is 4.79 Å². The number of aryl methyl sites for hydroxylation is 3. The lowest BCUT2D eigenvalue weighted by Gasteiger charge is -2.11. The lowest BCUT2D eigenvalue weighted by atomic mass is 10.2. The molecule has 1 amide bonds. The van der Waals surface area contributed by atoms with Gasteiger partial charge in [0.15, 0.2) is 0 Å². The Morgan fingerprint density at radius 1 is 1.33 bits per heavy atom. The predicted molar refractivity (Wildman–Crippen MR) is 90.2 cm³/mol. The summed E-state index contributed by atoms with van der Waals surface area (Å²) in [7, 11) is 0. The number of nitrogens with one attached hydrogen (secondary N) is 1. The van der Waals surface area contributed by atoms with Crippen molar-refractivity contribution in [2.24, 2.45) is 0 Å². The standard InChI is InChI=1S/C15H21N3OS2/c1-6-8(2)16-12(19)7-20-14-13-9(3)10(4)21-15(13)18-11(5)17-14/h8H,6-7H2,1-5H3,(H,16,19). The average molecular weight is 323 g/mol. The zero-order chi connectivity index (χ0) is 15.6. The first-order valence-electron chi connectivity index (χ1n) is 7.08. The van der Waals surface area contributed by atoms with Crippen LogP contribution in [0.15, 0.2) is 5.03 Å². The van der Waals surface area contributed by atoms with Crippen molar-refractivity contribution >= 4 is 39.2 Å². The molecule has 0 bridgehead atoms. The van der Waals surface area contributed by atoms with Crippen LogP contribution >= 0.6 is 23.1 Å². The molecule has 0 spiro atoms. The summed E-state index contributed by atoms with van der Waals surface area (Å²) < 4.78 is 0. The molecule has 1 N–H and O–H groups in total. The van der Waals surface area contributed by atoms with E-state index >= 15 is 0 Å². The molecule has 2 heterocycles. The second-order valence-corrected chi connectivity index (χ2v) is 7.37. The summed E-state index contributed by atoms with van der Waals surface area (Å²) >= 11 is 3.19. The number of thioether (sulfide) groups is 1. The van der Waals surface area contributed by atoms with Crippen molar-refractivity contribution < 1.29 is 4.79 Å². The highest BCUT2D eigenvalue weighted by Gasteiger charge is 2.15. The first kappa shape index (κ1) is 16.2. The van der Waals surface area contributed by atoms with E-state index in [9.17, 15) is 4.79 Å². The van der Waals surface area contributed by atoms with Crippen LogP contribution < -0.4 is 5.32 Å². The van der Waals surface area contributed by atoms with Crippen molar-refractivity contribution in [3.63, 3.8) is 0 Å². The van der Waals surface area contributed by atoms with Gasteiger partial charge in [-0.1, -0.05) is 18.7 Å². The van der Waals surface area contributed by atoms with Gasteiger partial charge >= 0.3 is 0 Å². The van der Waals surface area contributed by atoms with Gasteiger partial charge < -0.3 is 5.32 Å². The molecular formula is C15H21N3OS2. The lowest BCUT2D eigenvalue weighted by molar-refractivity contribution is -0.119. The maximum absolute atomic E-state index is 11.9. The van der Waals surface area contributed by atoms with Crippen molar-refractivity contribution in [2.45, 2.75) is 52.1 Å². The molecule has 2 rings (SSSR count). The van der Waals surface area contributed by atoms with Crippen LogP contribution in [0.25, 0.3) is 10.2 Å². The molecule has 0 saturated carbocycles. The van der Waals surface area contributed by atoms with Gasteiger partial charge in [0.2, 0.25) is 5.91 Å². The van der Waals surface area contributed by atoms with Gasteiger partial charge in [-0.05, 0) is 39.7 Å². The lowest BCUT2D eigenvalue weighted by Crippen LogP contribution is -2.33. The molecular weight excluding hydrogens is 302 g/mol. The second-order valence-electron chi connectivity index (χ2n) is 5.20. The van der Waals surface area contributed by atoms with Gasteiger partial charge in [0.1, 0.15) is 15.7 Å². The number of aromatic nitrogens is 2. The van der Waals surface area contributed by atoms with Crippen LogP contribution in [0.1, 0.15) is 36.5 Å². The third kappa shape index (κ3) is 3.74.